The molecule has 1 heterocycles. The van der Waals surface area contributed by atoms with Crippen LogP contribution < -0.4 is 10.6 Å². The molecule has 0 aliphatic carbocycles. The third-order valence-corrected chi connectivity index (χ3v) is 3.50. The Bertz CT molecular complexity index is 454. The van der Waals surface area contributed by atoms with Gasteiger partial charge in [-0.05, 0) is 45.7 Å². The third-order valence-electron chi connectivity index (χ3n) is 3.50. The van der Waals surface area contributed by atoms with E-state index >= 15 is 0 Å². The molecule has 1 aliphatic rings. The topological polar surface area (TPSA) is 50.4 Å². The molecule has 0 spiro atoms. The number of nitrogens with one attached hydrogen (secondary N) is 2. The lowest BCUT2D eigenvalue weighted by atomic mass is 9.99. The number of ether oxygens (including phenoxy) is 1. The monoisotopic (exact) mass is 290 g/mol. The number of carbonyl (C=O) groups excluding carboxylic acids is 1. The van der Waals surface area contributed by atoms with Crippen molar-refractivity contribution in [1.82, 2.24) is 10.6 Å². The summed E-state index contributed by atoms with van der Waals surface area (Å²) >= 11 is 0. The predicted octanol–water partition coefficient (Wildman–Crippen LogP) is 2.24. The van der Waals surface area contributed by atoms with Crippen molar-refractivity contribution in [3.05, 3.63) is 35.9 Å². The van der Waals surface area contributed by atoms with E-state index in [0.717, 1.165) is 19.4 Å². The van der Waals surface area contributed by atoms with Crippen molar-refractivity contribution in [2.75, 3.05) is 6.54 Å². The van der Waals surface area contributed by atoms with E-state index < -0.39 is 0 Å². The number of piperidine rings is 1. The molecule has 0 unspecified atom stereocenters. The van der Waals surface area contributed by atoms with Crippen LogP contribution in [0, 0.1) is 0 Å². The third kappa shape index (κ3) is 5.48. The fourth-order valence-corrected chi connectivity index (χ4v) is 2.48. The normalized spacial score (nSPS) is 22.8. The molecule has 0 saturated carbocycles. The number of amides is 1. The van der Waals surface area contributed by atoms with Crippen LogP contribution in [-0.2, 0) is 16.1 Å². The molecule has 4 nitrogen and oxygen atoms in total. The standard InChI is InChI=1S/C17H26N2O2/c1-17(2,3)19-16(20)15-11-14(9-10-18-15)21-12-13-7-5-4-6-8-13/h4-8,14-15,18H,9-12H2,1-3H3,(H,19,20)/t14-,15+/m1/s1. The summed E-state index contributed by atoms with van der Waals surface area (Å²) in [4.78, 5) is 12.2. The van der Waals surface area contributed by atoms with Crippen molar-refractivity contribution in [3.8, 4) is 0 Å². The summed E-state index contributed by atoms with van der Waals surface area (Å²) in [5.41, 5.74) is 0.975. The summed E-state index contributed by atoms with van der Waals surface area (Å²) in [6, 6.07) is 10.00. The minimum atomic E-state index is -0.198. The molecule has 0 aromatic heterocycles. The molecule has 21 heavy (non-hydrogen) atoms. The molecule has 116 valence electrons. The maximum atomic E-state index is 12.2. The minimum absolute atomic E-state index is 0.0653. The number of hydrogen-bond acceptors (Lipinski definition) is 3. The molecule has 1 aromatic carbocycles. The highest BCUT2D eigenvalue weighted by Crippen LogP contribution is 2.15. The first kappa shape index (κ1) is 16.0. The van der Waals surface area contributed by atoms with Gasteiger partial charge in [0.25, 0.3) is 0 Å². The van der Waals surface area contributed by atoms with Crippen LogP contribution in [0.25, 0.3) is 0 Å². The fourth-order valence-electron chi connectivity index (χ4n) is 2.48. The summed E-state index contributed by atoms with van der Waals surface area (Å²) in [5, 5.41) is 6.30. The van der Waals surface area contributed by atoms with Gasteiger partial charge in [0.2, 0.25) is 5.91 Å². The molecule has 1 fully saturated rings. The second-order valence-electron chi connectivity index (χ2n) is 6.69. The molecule has 1 aliphatic heterocycles. The molecule has 4 heteroatoms. The quantitative estimate of drug-likeness (QED) is 0.894. The Kier molecular flexibility index (Phi) is 5.37. The van der Waals surface area contributed by atoms with E-state index in [1.807, 2.05) is 39.0 Å². The van der Waals surface area contributed by atoms with Crippen LogP contribution in [0.4, 0.5) is 0 Å². The van der Waals surface area contributed by atoms with Crippen molar-refractivity contribution in [2.24, 2.45) is 0 Å². The van der Waals surface area contributed by atoms with Crippen LogP contribution in [0.15, 0.2) is 30.3 Å². The van der Waals surface area contributed by atoms with E-state index in [2.05, 4.69) is 22.8 Å². The molecule has 0 bridgehead atoms. The van der Waals surface area contributed by atoms with Gasteiger partial charge in [-0.15, -0.1) is 0 Å². The Labute approximate surface area is 127 Å². The van der Waals surface area contributed by atoms with Crippen molar-refractivity contribution >= 4 is 5.91 Å². The molecular formula is C17H26N2O2. The molecule has 2 rings (SSSR count). The van der Waals surface area contributed by atoms with Crippen LogP contribution in [0.3, 0.4) is 0 Å². The first-order valence-electron chi connectivity index (χ1n) is 7.65. The lowest BCUT2D eigenvalue weighted by molar-refractivity contribution is -0.126. The molecule has 1 saturated heterocycles. The van der Waals surface area contributed by atoms with E-state index in [1.165, 1.54) is 5.56 Å². The van der Waals surface area contributed by atoms with Crippen molar-refractivity contribution in [1.29, 1.82) is 0 Å². The van der Waals surface area contributed by atoms with Crippen LogP contribution in [-0.4, -0.2) is 30.1 Å². The van der Waals surface area contributed by atoms with E-state index in [-0.39, 0.29) is 23.6 Å². The predicted molar refractivity (Wildman–Crippen MR) is 83.9 cm³/mol. The lowest BCUT2D eigenvalue weighted by Crippen LogP contribution is -2.54. The van der Waals surface area contributed by atoms with Gasteiger partial charge in [-0.1, -0.05) is 30.3 Å². The Morgan fingerprint density at radius 2 is 2.05 bits per heavy atom. The molecule has 2 N–H and O–H groups in total. The van der Waals surface area contributed by atoms with Crippen molar-refractivity contribution < 1.29 is 9.53 Å². The van der Waals surface area contributed by atoms with E-state index in [1.54, 1.807) is 0 Å². The summed E-state index contributed by atoms with van der Waals surface area (Å²) in [5.74, 6) is 0.0653. The summed E-state index contributed by atoms with van der Waals surface area (Å²) in [6.45, 7) is 7.42. The van der Waals surface area contributed by atoms with Crippen LogP contribution >= 0.6 is 0 Å². The van der Waals surface area contributed by atoms with Crippen molar-refractivity contribution in [2.45, 2.75) is 57.9 Å². The molecular weight excluding hydrogens is 264 g/mol. The maximum Gasteiger partial charge on any atom is 0.237 e. The number of carbonyl (C=O) groups is 1. The van der Waals surface area contributed by atoms with Crippen molar-refractivity contribution in [3.63, 3.8) is 0 Å². The first-order valence-corrected chi connectivity index (χ1v) is 7.65. The van der Waals surface area contributed by atoms with E-state index in [0.29, 0.717) is 6.61 Å². The fraction of sp³-hybridized carbons (Fsp3) is 0.588. The van der Waals surface area contributed by atoms with Gasteiger partial charge < -0.3 is 15.4 Å². The smallest absolute Gasteiger partial charge is 0.237 e. The van der Waals surface area contributed by atoms with Gasteiger partial charge in [-0.3, -0.25) is 4.79 Å². The summed E-state index contributed by atoms with van der Waals surface area (Å²) < 4.78 is 5.96. The molecule has 1 aromatic rings. The van der Waals surface area contributed by atoms with E-state index in [4.69, 9.17) is 4.74 Å². The highest BCUT2D eigenvalue weighted by molar-refractivity contribution is 5.82. The SMILES string of the molecule is CC(C)(C)NC(=O)[C@@H]1C[C@H](OCc2ccccc2)CCN1. The largest absolute Gasteiger partial charge is 0.373 e. The maximum absolute atomic E-state index is 12.2. The number of hydrogen-bond donors (Lipinski definition) is 2. The number of benzene rings is 1. The Morgan fingerprint density at radius 3 is 2.71 bits per heavy atom. The van der Waals surface area contributed by atoms with Gasteiger partial charge >= 0.3 is 0 Å². The highest BCUT2D eigenvalue weighted by atomic mass is 16.5. The van der Waals surface area contributed by atoms with Gasteiger partial charge in [-0.25, -0.2) is 0 Å². The Morgan fingerprint density at radius 1 is 1.33 bits per heavy atom. The Hall–Kier alpha value is -1.39. The zero-order valence-electron chi connectivity index (χ0n) is 13.2. The summed E-state index contributed by atoms with van der Waals surface area (Å²) in [7, 11) is 0. The van der Waals surface area contributed by atoms with Crippen LogP contribution in [0.2, 0.25) is 0 Å². The average Bonchev–Trinajstić information content (AvgIpc) is 2.45. The van der Waals surface area contributed by atoms with Gasteiger partial charge in [0.1, 0.15) is 0 Å². The second kappa shape index (κ2) is 7.05. The zero-order chi connectivity index (χ0) is 15.3. The zero-order valence-corrected chi connectivity index (χ0v) is 13.2. The molecule has 0 radical (unpaired) electrons. The van der Waals surface area contributed by atoms with E-state index in [9.17, 15) is 4.79 Å². The molecule has 1 amide bonds. The summed E-state index contributed by atoms with van der Waals surface area (Å²) in [6.07, 6.45) is 1.82. The van der Waals surface area contributed by atoms with Gasteiger partial charge in [0, 0.05) is 5.54 Å². The first-order chi connectivity index (χ1) is 9.94. The Balaban J connectivity index is 1.82. The minimum Gasteiger partial charge on any atom is -0.373 e. The highest BCUT2D eigenvalue weighted by Gasteiger charge is 2.29. The van der Waals surface area contributed by atoms with Gasteiger partial charge in [0.05, 0.1) is 18.8 Å². The van der Waals surface area contributed by atoms with Crippen LogP contribution in [0.1, 0.15) is 39.2 Å². The number of rotatable bonds is 4. The van der Waals surface area contributed by atoms with Gasteiger partial charge in [-0.2, -0.15) is 0 Å². The lowest BCUT2D eigenvalue weighted by Gasteiger charge is -2.32. The van der Waals surface area contributed by atoms with Crippen LogP contribution in [0.5, 0.6) is 0 Å². The average molecular weight is 290 g/mol. The van der Waals surface area contributed by atoms with Gasteiger partial charge in [0.15, 0.2) is 0 Å². The second-order valence-corrected chi connectivity index (χ2v) is 6.69. The molecule has 2 atom stereocenters.